The molecule has 2 aliphatic rings. The van der Waals surface area contributed by atoms with E-state index in [0.29, 0.717) is 24.2 Å². The number of anilines is 1. The number of carbonyl (C=O) groups excluding carboxylic acids is 3. The zero-order valence-electron chi connectivity index (χ0n) is 11.6. The van der Waals surface area contributed by atoms with Gasteiger partial charge >= 0.3 is 0 Å². The number of piperidine rings is 1. The molecular formula is C15H17N3O3. The van der Waals surface area contributed by atoms with Crippen molar-refractivity contribution in [2.24, 2.45) is 5.73 Å². The molecule has 1 aromatic carbocycles. The molecule has 1 atom stereocenters. The maximum atomic E-state index is 12.7. The number of nitrogens with zero attached hydrogens (tertiary/aromatic N) is 2. The average Bonchev–Trinajstić information content (AvgIpc) is 2.58. The van der Waals surface area contributed by atoms with Crippen LogP contribution < -0.4 is 10.6 Å². The summed E-state index contributed by atoms with van der Waals surface area (Å²) in [7, 11) is 0. The minimum Gasteiger partial charge on any atom is -0.368 e. The van der Waals surface area contributed by atoms with Crippen LogP contribution in [0, 0.1) is 0 Å². The first-order chi connectivity index (χ1) is 10.1. The molecule has 0 unspecified atom stereocenters. The van der Waals surface area contributed by atoms with Crippen LogP contribution in [0.1, 0.15) is 29.6 Å². The van der Waals surface area contributed by atoms with Crippen LogP contribution >= 0.6 is 0 Å². The van der Waals surface area contributed by atoms with Crippen molar-refractivity contribution in [3.05, 3.63) is 29.8 Å². The maximum absolute atomic E-state index is 12.7. The molecule has 0 bridgehead atoms. The molecular weight excluding hydrogens is 270 g/mol. The summed E-state index contributed by atoms with van der Waals surface area (Å²) >= 11 is 0. The van der Waals surface area contributed by atoms with Gasteiger partial charge < -0.3 is 15.5 Å². The first-order valence-corrected chi connectivity index (χ1v) is 7.09. The summed E-state index contributed by atoms with van der Waals surface area (Å²) < 4.78 is 0. The second kappa shape index (κ2) is 5.20. The molecule has 2 N–H and O–H groups in total. The lowest BCUT2D eigenvalue weighted by atomic mass is 10.0. The van der Waals surface area contributed by atoms with Gasteiger partial charge in [-0.05, 0) is 31.4 Å². The Labute approximate surface area is 122 Å². The molecule has 0 aromatic heterocycles. The Balaban J connectivity index is 2.12. The fourth-order valence-corrected chi connectivity index (χ4v) is 3.09. The van der Waals surface area contributed by atoms with E-state index < -0.39 is 11.9 Å². The van der Waals surface area contributed by atoms with Gasteiger partial charge in [0.15, 0.2) is 0 Å². The van der Waals surface area contributed by atoms with Crippen LogP contribution in [-0.2, 0) is 9.59 Å². The Hall–Kier alpha value is -2.37. The highest BCUT2D eigenvalue weighted by Gasteiger charge is 2.40. The number of primary amides is 1. The molecule has 6 nitrogen and oxygen atoms in total. The number of fused-ring (bicyclic) bond motifs is 2. The molecule has 2 heterocycles. The number of carbonyl (C=O) groups is 3. The fourth-order valence-electron chi connectivity index (χ4n) is 3.09. The quantitative estimate of drug-likeness (QED) is 0.860. The zero-order chi connectivity index (χ0) is 15.0. The van der Waals surface area contributed by atoms with E-state index in [1.807, 2.05) is 0 Å². The molecule has 0 spiro atoms. The molecule has 0 saturated carbocycles. The van der Waals surface area contributed by atoms with Crippen molar-refractivity contribution in [1.82, 2.24) is 4.90 Å². The van der Waals surface area contributed by atoms with Crippen molar-refractivity contribution >= 4 is 23.4 Å². The first kappa shape index (κ1) is 13.6. The molecule has 6 heteroatoms. The normalized spacial score (nSPS) is 21.6. The van der Waals surface area contributed by atoms with E-state index in [9.17, 15) is 14.4 Å². The molecule has 3 rings (SSSR count). The van der Waals surface area contributed by atoms with Gasteiger partial charge in [0.05, 0.1) is 11.3 Å². The smallest absolute Gasteiger partial charge is 0.256 e. The number of hydrogen-bond acceptors (Lipinski definition) is 3. The van der Waals surface area contributed by atoms with Crippen molar-refractivity contribution in [2.75, 3.05) is 18.0 Å². The predicted molar refractivity (Wildman–Crippen MR) is 76.7 cm³/mol. The van der Waals surface area contributed by atoms with Crippen LogP contribution in [0.15, 0.2) is 24.3 Å². The predicted octanol–water partition coefficient (Wildman–Crippen LogP) is 0.513. The summed E-state index contributed by atoms with van der Waals surface area (Å²) in [5.74, 6) is -0.947. The molecule has 3 amide bonds. The van der Waals surface area contributed by atoms with Crippen molar-refractivity contribution in [1.29, 1.82) is 0 Å². The molecule has 110 valence electrons. The van der Waals surface area contributed by atoms with Crippen molar-refractivity contribution < 1.29 is 14.4 Å². The number of nitrogens with two attached hydrogens (primary N) is 1. The molecule has 1 fully saturated rings. The number of hydrogen-bond donors (Lipinski definition) is 1. The third-order valence-electron chi connectivity index (χ3n) is 4.05. The zero-order valence-corrected chi connectivity index (χ0v) is 11.6. The van der Waals surface area contributed by atoms with Gasteiger partial charge in [-0.3, -0.25) is 14.4 Å². The Bertz CT molecular complexity index is 614. The van der Waals surface area contributed by atoms with Crippen LogP contribution in [0.5, 0.6) is 0 Å². The fraction of sp³-hybridized carbons (Fsp3) is 0.400. The largest absolute Gasteiger partial charge is 0.368 e. The lowest BCUT2D eigenvalue weighted by molar-refractivity contribution is -0.126. The highest BCUT2D eigenvalue weighted by molar-refractivity contribution is 6.12. The SMILES string of the molecule is NC(=O)CN1C(=O)[C@H]2CCCCN2C(=O)c2ccccc21. The van der Waals surface area contributed by atoms with Crippen molar-refractivity contribution in [2.45, 2.75) is 25.3 Å². The van der Waals surface area contributed by atoms with Crippen LogP contribution in [0.3, 0.4) is 0 Å². The Morgan fingerprint density at radius 2 is 2.00 bits per heavy atom. The minimum atomic E-state index is -0.588. The van der Waals surface area contributed by atoms with Gasteiger partial charge in [-0.2, -0.15) is 0 Å². The van der Waals surface area contributed by atoms with Crippen molar-refractivity contribution in [3.8, 4) is 0 Å². The molecule has 1 saturated heterocycles. The third kappa shape index (κ3) is 2.26. The summed E-state index contributed by atoms with van der Waals surface area (Å²) in [6, 6.07) is 6.40. The van der Waals surface area contributed by atoms with E-state index in [4.69, 9.17) is 5.73 Å². The van der Waals surface area contributed by atoms with Crippen LogP contribution in [-0.4, -0.2) is 41.8 Å². The number of rotatable bonds is 2. The van der Waals surface area contributed by atoms with E-state index in [0.717, 1.165) is 12.8 Å². The highest BCUT2D eigenvalue weighted by atomic mass is 16.2. The molecule has 0 aliphatic carbocycles. The average molecular weight is 287 g/mol. The number of benzene rings is 1. The van der Waals surface area contributed by atoms with Gasteiger partial charge in [-0.1, -0.05) is 12.1 Å². The Kier molecular flexibility index (Phi) is 3.37. The van der Waals surface area contributed by atoms with Gasteiger partial charge in [0.1, 0.15) is 12.6 Å². The summed E-state index contributed by atoms with van der Waals surface area (Å²) in [6.07, 6.45) is 2.43. The lowest BCUT2D eigenvalue weighted by Crippen LogP contribution is -2.52. The first-order valence-electron chi connectivity index (χ1n) is 7.09. The van der Waals surface area contributed by atoms with Gasteiger partial charge in [0.2, 0.25) is 11.8 Å². The minimum absolute atomic E-state index is 0.143. The van der Waals surface area contributed by atoms with Crippen LogP contribution in [0.25, 0.3) is 0 Å². The van der Waals surface area contributed by atoms with Gasteiger partial charge in [-0.25, -0.2) is 0 Å². The molecule has 21 heavy (non-hydrogen) atoms. The maximum Gasteiger partial charge on any atom is 0.256 e. The summed E-state index contributed by atoms with van der Waals surface area (Å²) in [5.41, 5.74) is 6.19. The number of para-hydroxylation sites is 1. The monoisotopic (exact) mass is 287 g/mol. The summed E-state index contributed by atoms with van der Waals surface area (Å²) in [4.78, 5) is 39.7. The van der Waals surface area contributed by atoms with E-state index >= 15 is 0 Å². The van der Waals surface area contributed by atoms with Gasteiger partial charge in [-0.15, -0.1) is 0 Å². The lowest BCUT2D eigenvalue weighted by Gasteiger charge is -2.34. The molecule has 1 aromatic rings. The standard InChI is InChI=1S/C15H17N3O3/c16-13(19)9-18-11-6-2-1-5-10(11)14(20)17-8-4-3-7-12(17)15(18)21/h1-2,5-6,12H,3-4,7-9H2,(H2,16,19)/t12-/m1/s1. The number of amides is 3. The molecule has 2 aliphatic heterocycles. The second-order valence-corrected chi connectivity index (χ2v) is 5.42. The van der Waals surface area contributed by atoms with Gasteiger partial charge in [0.25, 0.3) is 5.91 Å². The van der Waals surface area contributed by atoms with E-state index in [-0.39, 0.29) is 18.4 Å². The van der Waals surface area contributed by atoms with Crippen LogP contribution in [0.2, 0.25) is 0 Å². The highest BCUT2D eigenvalue weighted by Crippen LogP contribution is 2.31. The summed E-state index contributed by atoms with van der Waals surface area (Å²) in [5, 5.41) is 0. The Morgan fingerprint density at radius 1 is 1.24 bits per heavy atom. The summed E-state index contributed by atoms with van der Waals surface area (Å²) in [6.45, 7) is 0.376. The van der Waals surface area contributed by atoms with Gasteiger partial charge in [0, 0.05) is 6.54 Å². The van der Waals surface area contributed by atoms with Crippen molar-refractivity contribution in [3.63, 3.8) is 0 Å². The second-order valence-electron chi connectivity index (χ2n) is 5.42. The van der Waals surface area contributed by atoms with E-state index in [1.54, 1.807) is 29.2 Å². The molecule has 0 radical (unpaired) electrons. The Morgan fingerprint density at radius 3 is 2.76 bits per heavy atom. The third-order valence-corrected chi connectivity index (χ3v) is 4.05. The topological polar surface area (TPSA) is 83.7 Å². The van der Waals surface area contributed by atoms with E-state index in [2.05, 4.69) is 0 Å². The van der Waals surface area contributed by atoms with Crippen LogP contribution in [0.4, 0.5) is 5.69 Å². The van der Waals surface area contributed by atoms with E-state index in [1.165, 1.54) is 4.90 Å².